The molecule has 0 radical (unpaired) electrons. The van der Waals surface area contributed by atoms with Gasteiger partial charge in [-0.2, -0.15) is 0 Å². The molecule has 0 aliphatic carbocycles. The van der Waals surface area contributed by atoms with E-state index in [1.165, 1.54) is 12.1 Å². The number of benzene rings is 1. The molecule has 0 fully saturated rings. The number of ether oxygens (including phenoxy) is 1. The van der Waals surface area contributed by atoms with Gasteiger partial charge in [-0.15, -0.1) is 0 Å². The van der Waals surface area contributed by atoms with Crippen molar-refractivity contribution in [1.82, 2.24) is 0 Å². The first-order chi connectivity index (χ1) is 6.91. The molecule has 0 aromatic heterocycles. The van der Waals surface area contributed by atoms with Gasteiger partial charge in [-0.1, -0.05) is 6.07 Å². The minimum absolute atomic E-state index is 0.0492. The predicted octanol–water partition coefficient (Wildman–Crippen LogP) is 0.601. The van der Waals surface area contributed by atoms with Crippen molar-refractivity contribution in [3.05, 3.63) is 23.5 Å². The van der Waals surface area contributed by atoms with E-state index in [2.05, 4.69) is 0 Å². The molecule has 0 aliphatic heterocycles. The van der Waals surface area contributed by atoms with Gasteiger partial charge in [0.15, 0.2) is 11.6 Å². The van der Waals surface area contributed by atoms with Gasteiger partial charge in [0.1, 0.15) is 0 Å². The third-order valence-corrected chi connectivity index (χ3v) is 1.85. The van der Waals surface area contributed by atoms with E-state index in [1.54, 1.807) is 20.8 Å². The molecule has 0 atom stereocenters. The maximum Gasteiger partial charge on any atom is 0.491 e. The summed E-state index contributed by atoms with van der Waals surface area (Å²) in [5, 5.41) is 17.9. The molecule has 2 N–H and O–H groups in total. The van der Waals surface area contributed by atoms with Crippen LogP contribution in [0.4, 0.5) is 4.39 Å². The molecule has 0 unspecified atom stereocenters. The summed E-state index contributed by atoms with van der Waals surface area (Å²) in [5.74, 6) is -0.669. The van der Waals surface area contributed by atoms with Crippen LogP contribution in [0.25, 0.3) is 0 Å². The standard InChI is InChI=1S/C10H14BFO3/c1-6(2)15-9-5-7(3)4-8(10(9)12)11(13)14/h4-6,13-14H,1-3H3. The SMILES string of the molecule is Cc1cc(OC(C)C)c(F)c(B(O)O)c1. The van der Waals surface area contributed by atoms with Gasteiger partial charge in [-0.25, -0.2) is 4.39 Å². The molecule has 1 rings (SSSR count). The van der Waals surface area contributed by atoms with Crippen LogP contribution in [-0.2, 0) is 0 Å². The van der Waals surface area contributed by atoms with Gasteiger partial charge in [0.05, 0.1) is 6.10 Å². The lowest BCUT2D eigenvalue weighted by Gasteiger charge is -2.13. The highest BCUT2D eigenvalue weighted by molar-refractivity contribution is 6.58. The monoisotopic (exact) mass is 212 g/mol. The summed E-state index contributed by atoms with van der Waals surface area (Å²) in [7, 11) is -1.82. The van der Waals surface area contributed by atoms with Crippen molar-refractivity contribution >= 4 is 12.6 Å². The first-order valence-electron chi connectivity index (χ1n) is 4.74. The molecule has 15 heavy (non-hydrogen) atoms. The summed E-state index contributed by atoms with van der Waals surface area (Å²) >= 11 is 0. The highest BCUT2D eigenvalue weighted by Gasteiger charge is 2.20. The Morgan fingerprint density at radius 2 is 1.93 bits per heavy atom. The van der Waals surface area contributed by atoms with Gasteiger partial charge in [-0.05, 0) is 32.4 Å². The lowest BCUT2D eigenvalue weighted by molar-refractivity contribution is 0.231. The Hall–Kier alpha value is -1.07. The van der Waals surface area contributed by atoms with Crippen molar-refractivity contribution < 1.29 is 19.2 Å². The Kier molecular flexibility index (Phi) is 3.71. The molecule has 3 nitrogen and oxygen atoms in total. The van der Waals surface area contributed by atoms with Crippen molar-refractivity contribution in [1.29, 1.82) is 0 Å². The molecule has 1 aromatic carbocycles. The van der Waals surface area contributed by atoms with Crippen LogP contribution in [0.2, 0.25) is 0 Å². The third-order valence-electron chi connectivity index (χ3n) is 1.85. The maximum atomic E-state index is 13.6. The molecule has 5 heteroatoms. The largest absolute Gasteiger partial charge is 0.491 e. The average molecular weight is 212 g/mol. The normalized spacial score (nSPS) is 10.6. The fourth-order valence-corrected chi connectivity index (χ4v) is 1.29. The Bertz CT molecular complexity index is 353. The van der Waals surface area contributed by atoms with Gasteiger partial charge in [0.25, 0.3) is 0 Å². The maximum absolute atomic E-state index is 13.6. The van der Waals surface area contributed by atoms with Gasteiger partial charge in [0.2, 0.25) is 0 Å². The van der Waals surface area contributed by atoms with Crippen molar-refractivity contribution in [2.75, 3.05) is 0 Å². The van der Waals surface area contributed by atoms with Gasteiger partial charge in [0, 0.05) is 5.46 Å². The first-order valence-corrected chi connectivity index (χ1v) is 4.74. The van der Waals surface area contributed by atoms with E-state index in [0.717, 1.165) is 5.56 Å². The zero-order valence-electron chi connectivity index (χ0n) is 8.99. The Morgan fingerprint density at radius 1 is 1.33 bits per heavy atom. The van der Waals surface area contributed by atoms with Crippen LogP contribution in [-0.4, -0.2) is 23.3 Å². The molecule has 1 aromatic rings. The number of halogens is 1. The zero-order chi connectivity index (χ0) is 11.6. The van der Waals surface area contributed by atoms with E-state index in [-0.39, 0.29) is 17.3 Å². The smallest absolute Gasteiger partial charge is 0.488 e. The van der Waals surface area contributed by atoms with Crippen LogP contribution < -0.4 is 10.2 Å². The molecule has 0 aliphatic rings. The second kappa shape index (κ2) is 4.64. The topological polar surface area (TPSA) is 49.7 Å². The molecule has 0 saturated heterocycles. The fraction of sp³-hybridized carbons (Fsp3) is 0.400. The second-order valence-electron chi connectivity index (χ2n) is 3.71. The van der Waals surface area contributed by atoms with Crippen molar-refractivity contribution in [3.63, 3.8) is 0 Å². The Morgan fingerprint density at radius 3 is 2.40 bits per heavy atom. The van der Waals surface area contributed by atoms with E-state index in [9.17, 15) is 4.39 Å². The Balaban J connectivity index is 3.16. The number of hydrogen-bond acceptors (Lipinski definition) is 3. The van der Waals surface area contributed by atoms with Crippen LogP contribution in [0.15, 0.2) is 12.1 Å². The molecule has 0 amide bonds. The minimum atomic E-state index is -1.82. The molecule has 82 valence electrons. The van der Waals surface area contributed by atoms with E-state index in [4.69, 9.17) is 14.8 Å². The first kappa shape index (κ1) is 12.0. The van der Waals surface area contributed by atoms with Gasteiger partial charge >= 0.3 is 7.12 Å². The zero-order valence-corrected chi connectivity index (χ0v) is 8.99. The van der Waals surface area contributed by atoms with Crippen LogP contribution in [0, 0.1) is 12.7 Å². The molecular weight excluding hydrogens is 198 g/mol. The summed E-state index contributed by atoms with van der Waals surface area (Å²) < 4.78 is 18.8. The second-order valence-corrected chi connectivity index (χ2v) is 3.71. The van der Waals surface area contributed by atoms with E-state index in [1.807, 2.05) is 0 Å². The van der Waals surface area contributed by atoms with Crippen LogP contribution >= 0.6 is 0 Å². The number of aryl methyl sites for hydroxylation is 1. The van der Waals surface area contributed by atoms with Crippen molar-refractivity contribution in [2.45, 2.75) is 26.9 Å². The summed E-state index contributed by atoms with van der Waals surface area (Å²) in [6.07, 6.45) is -0.162. The van der Waals surface area contributed by atoms with E-state index < -0.39 is 12.9 Å². The van der Waals surface area contributed by atoms with Crippen LogP contribution in [0.1, 0.15) is 19.4 Å². The fourth-order valence-electron chi connectivity index (χ4n) is 1.29. The highest BCUT2D eigenvalue weighted by atomic mass is 19.1. The molecular formula is C10H14BFO3. The lowest BCUT2D eigenvalue weighted by Crippen LogP contribution is -2.33. The lowest BCUT2D eigenvalue weighted by atomic mass is 9.79. The summed E-state index contributed by atoms with van der Waals surface area (Å²) in [6, 6.07) is 2.91. The van der Waals surface area contributed by atoms with Crippen molar-refractivity contribution in [2.24, 2.45) is 0 Å². The number of hydrogen-bond donors (Lipinski definition) is 2. The minimum Gasteiger partial charge on any atom is -0.488 e. The third kappa shape index (κ3) is 2.94. The molecule has 0 spiro atoms. The number of rotatable bonds is 3. The molecule has 0 bridgehead atoms. The van der Waals surface area contributed by atoms with Crippen LogP contribution in [0.5, 0.6) is 5.75 Å². The van der Waals surface area contributed by atoms with Gasteiger partial charge < -0.3 is 14.8 Å². The quantitative estimate of drug-likeness (QED) is 0.721. The molecule has 0 saturated carbocycles. The van der Waals surface area contributed by atoms with Gasteiger partial charge in [-0.3, -0.25) is 0 Å². The highest BCUT2D eigenvalue weighted by Crippen LogP contribution is 2.18. The van der Waals surface area contributed by atoms with Crippen molar-refractivity contribution in [3.8, 4) is 5.75 Å². The van der Waals surface area contributed by atoms with E-state index >= 15 is 0 Å². The Labute approximate surface area is 88.7 Å². The van der Waals surface area contributed by atoms with E-state index in [0.29, 0.717) is 0 Å². The molecule has 0 heterocycles. The summed E-state index contributed by atoms with van der Waals surface area (Å²) in [5.41, 5.74) is 0.556. The summed E-state index contributed by atoms with van der Waals surface area (Å²) in [4.78, 5) is 0. The average Bonchev–Trinajstić information content (AvgIpc) is 2.09. The van der Waals surface area contributed by atoms with Crippen LogP contribution in [0.3, 0.4) is 0 Å². The predicted molar refractivity (Wildman–Crippen MR) is 56.7 cm³/mol. The summed E-state index contributed by atoms with van der Waals surface area (Å²) in [6.45, 7) is 5.28.